The standard InChI is InChI=1S/C47H30N2O2/c1-4-14-31(15-5-1)34-29-38(32-16-6-2-7-17-32)48-39(30-34)33-26-27-43-37(28-33)47-41(22-13-25-45(47)51-43)49(35-18-8-3-9-19-35)40-21-12-24-44-46(40)36-20-10-11-23-42(36)50-44/h1-30H. The van der Waals surface area contributed by atoms with Gasteiger partial charge in [0.2, 0.25) is 0 Å². The molecule has 0 aliphatic heterocycles. The highest BCUT2D eigenvalue weighted by Crippen LogP contribution is 2.47. The van der Waals surface area contributed by atoms with E-state index in [4.69, 9.17) is 13.8 Å². The molecule has 0 spiro atoms. The largest absolute Gasteiger partial charge is 0.456 e. The van der Waals surface area contributed by atoms with E-state index in [0.29, 0.717) is 0 Å². The molecular weight excluding hydrogens is 625 g/mol. The molecule has 0 fully saturated rings. The lowest BCUT2D eigenvalue weighted by Gasteiger charge is -2.27. The first-order valence-electron chi connectivity index (χ1n) is 17.1. The quantitative estimate of drug-likeness (QED) is 0.179. The fourth-order valence-electron chi connectivity index (χ4n) is 7.31. The van der Waals surface area contributed by atoms with Crippen LogP contribution < -0.4 is 4.90 Å². The Morgan fingerprint density at radius 1 is 0.353 bits per heavy atom. The van der Waals surface area contributed by atoms with Crippen molar-refractivity contribution in [2.45, 2.75) is 0 Å². The SMILES string of the molecule is c1ccc(-c2cc(-c3ccccc3)nc(-c3ccc4oc5cccc(N(c6ccccc6)c6cccc7oc8ccccc8c67)c5c4c3)c2)cc1. The van der Waals surface area contributed by atoms with Crippen LogP contribution in [0.2, 0.25) is 0 Å². The first kappa shape index (κ1) is 29.0. The van der Waals surface area contributed by atoms with E-state index in [0.717, 1.165) is 94.6 Å². The third kappa shape index (κ3) is 4.96. The molecule has 4 nitrogen and oxygen atoms in total. The number of benzene rings is 7. The van der Waals surface area contributed by atoms with Crippen molar-refractivity contribution in [1.29, 1.82) is 0 Å². The Morgan fingerprint density at radius 3 is 1.57 bits per heavy atom. The van der Waals surface area contributed by atoms with Crippen LogP contribution in [0.5, 0.6) is 0 Å². The first-order chi connectivity index (χ1) is 25.3. The second-order valence-corrected chi connectivity index (χ2v) is 12.7. The summed E-state index contributed by atoms with van der Waals surface area (Å²) in [7, 11) is 0. The van der Waals surface area contributed by atoms with Crippen LogP contribution in [0.3, 0.4) is 0 Å². The summed E-state index contributed by atoms with van der Waals surface area (Å²) in [6.45, 7) is 0. The van der Waals surface area contributed by atoms with Crippen LogP contribution in [0.25, 0.3) is 77.5 Å². The number of anilines is 3. The van der Waals surface area contributed by atoms with E-state index >= 15 is 0 Å². The summed E-state index contributed by atoms with van der Waals surface area (Å²) in [4.78, 5) is 7.56. The molecule has 0 radical (unpaired) electrons. The Labute approximate surface area is 294 Å². The van der Waals surface area contributed by atoms with Crippen LogP contribution in [0, 0.1) is 0 Å². The third-order valence-corrected chi connectivity index (χ3v) is 9.65. The van der Waals surface area contributed by atoms with Gasteiger partial charge in [-0.2, -0.15) is 0 Å². The minimum Gasteiger partial charge on any atom is -0.456 e. The maximum atomic E-state index is 6.57. The number of furan rings is 2. The number of para-hydroxylation sites is 2. The molecule has 51 heavy (non-hydrogen) atoms. The van der Waals surface area contributed by atoms with Crippen molar-refractivity contribution < 1.29 is 8.83 Å². The van der Waals surface area contributed by atoms with Gasteiger partial charge in [-0.15, -0.1) is 0 Å². The van der Waals surface area contributed by atoms with Gasteiger partial charge in [0.25, 0.3) is 0 Å². The Balaban J connectivity index is 1.22. The lowest BCUT2D eigenvalue weighted by molar-refractivity contribution is 0.669. The average Bonchev–Trinajstić information content (AvgIpc) is 3.78. The average molecular weight is 655 g/mol. The maximum Gasteiger partial charge on any atom is 0.137 e. The summed E-state index contributed by atoms with van der Waals surface area (Å²) in [6, 6.07) is 63.0. The highest BCUT2D eigenvalue weighted by atomic mass is 16.3. The van der Waals surface area contributed by atoms with Crippen molar-refractivity contribution in [2.75, 3.05) is 4.90 Å². The number of hydrogen-bond acceptors (Lipinski definition) is 4. The molecule has 0 amide bonds. The van der Waals surface area contributed by atoms with E-state index in [2.05, 4.69) is 157 Å². The summed E-state index contributed by atoms with van der Waals surface area (Å²) in [5.74, 6) is 0. The lowest BCUT2D eigenvalue weighted by atomic mass is 9.99. The molecule has 0 saturated heterocycles. The fourth-order valence-corrected chi connectivity index (χ4v) is 7.31. The number of pyridine rings is 1. The summed E-state index contributed by atoms with van der Waals surface area (Å²) in [6.07, 6.45) is 0. The van der Waals surface area contributed by atoms with E-state index in [9.17, 15) is 0 Å². The van der Waals surface area contributed by atoms with Crippen LogP contribution in [-0.4, -0.2) is 4.98 Å². The maximum absolute atomic E-state index is 6.57. The molecule has 0 unspecified atom stereocenters. The molecular formula is C47H30N2O2. The highest BCUT2D eigenvalue weighted by Gasteiger charge is 2.23. The number of hydrogen-bond donors (Lipinski definition) is 0. The molecule has 7 aromatic carbocycles. The van der Waals surface area contributed by atoms with Gasteiger partial charge < -0.3 is 13.7 Å². The van der Waals surface area contributed by atoms with Crippen molar-refractivity contribution in [3.05, 3.63) is 182 Å². The Hall–Kier alpha value is -6.91. The Bertz CT molecular complexity index is 2800. The van der Waals surface area contributed by atoms with Crippen molar-refractivity contribution in [3.63, 3.8) is 0 Å². The second kappa shape index (κ2) is 11.9. The van der Waals surface area contributed by atoms with Gasteiger partial charge in [0.1, 0.15) is 22.3 Å². The zero-order chi connectivity index (χ0) is 33.7. The summed E-state index contributed by atoms with van der Waals surface area (Å²) >= 11 is 0. The normalized spacial score (nSPS) is 11.5. The molecule has 0 atom stereocenters. The van der Waals surface area contributed by atoms with Crippen molar-refractivity contribution in [3.8, 4) is 33.6 Å². The molecule has 0 aliphatic rings. The van der Waals surface area contributed by atoms with E-state index in [-0.39, 0.29) is 0 Å². The molecule has 4 heteroatoms. The summed E-state index contributed by atoms with van der Waals surface area (Å²) < 4.78 is 12.9. The van der Waals surface area contributed by atoms with Gasteiger partial charge in [-0.1, -0.05) is 109 Å². The van der Waals surface area contributed by atoms with Gasteiger partial charge in [-0.05, 0) is 83.9 Å². The van der Waals surface area contributed by atoms with Crippen molar-refractivity contribution >= 4 is 60.9 Å². The molecule has 10 rings (SSSR count). The minimum atomic E-state index is 0.820. The summed E-state index contributed by atoms with van der Waals surface area (Å²) in [5.41, 5.74) is 12.6. The van der Waals surface area contributed by atoms with Gasteiger partial charge in [0, 0.05) is 27.6 Å². The van der Waals surface area contributed by atoms with Gasteiger partial charge in [0.05, 0.1) is 33.5 Å². The van der Waals surface area contributed by atoms with E-state index in [1.807, 2.05) is 30.3 Å². The van der Waals surface area contributed by atoms with Gasteiger partial charge >= 0.3 is 0 Å². The third-order valence-electron chi connectivity index (χ3n) is 9.65. The number of fused-ring (bicyclic) bond motifs is 6. The molecule has 0 saturated carbocycles. The number of aromatic nitrogens is 1. The van der Waals surface area contributed by atoms with E-state index < -0.39 is 0 Å². The molecule has 3 aromatic heterocycles. The van der Waals surface area contributed by atoms with E-state index in [1.54, 1.807) is 0 Å². The molecule has 3 heterocycles. The monoisotopic (exact) mass is 654 g/mol. The van der Waals surface area contributed by atoms with Crippen LogP contribution in [-0.2, 0) is 0 Å². The highest BCUT2D eigenvalue weighted by molar-refractivity contribution is 6.18. The molecule has 0 bridgehead atoms. The van der Waals surface area contributed by atoms with Crippen molar-refractivity contribution in [1.82, 2.24) is 4.98 Å². The minimum absolute atomic E-state index is 0.820. The smallest absolute Gasteiger partial charge is 0.137 e. The molecule has 0 N–H and O–H groups in total. The van der Waals surface area contributed by atoms with E-state index in [1.165, 1.54) is 0 Å². The Kier molecular flexibility index (Phi) is 6.78. The first-order valence-corrected chi connectivity index (χ1v) is 17.1. The molecule has 0 aliphatic carbocycles. The number of rotatable bonds is 6. The zero-order valence-corrected chi connectivity index (χ0v) is 27.5. The molecule has 10 aromatic rings. The predicted octanol–water partition coefficient (Wildman–Crippen LogP) is 13.4. The second-order valence-electron chi connectivity index (χ2n) is 12.7. The van der Waals surface area contributed by atoms with Crippen LogP contribution in [0.15, 0.2) is 191 Å². The van der Waals surface area contributed by atoms with Crippen LogP contribution in [0.1, 0.15) is 0 Å². The van der Waals surface area contributed by atoms with Gasteiger partial charge in [-0.25, -0.2) is 4.98 Å². The summed E-state index contributed by atoms with van der Waals surface area (Å²) in [5, 5.41) is 4.20. The zero-order valence-electron chi connectivity index (χ0n) is 27.5. The van der Waals surface area contributed by atoms with Crippen LogP contribution >= 0.6 is 0 Å². The predicted molar refractivity (Wildman–Crippen MR) is 210 cm³/mol. The van der Waals surface area contributed by atoms with Gasteiger partial charge in [-0.3, -0.25) is 0 Å². The Morgan fingerprint density at radius 2 is 0.882 bits per heavy atom. The molecule has 240 valence electrons. The number of nitrogens with zero attached hydrogens (tertiary/aromatic N) is 2. The fraction of sp³-hybridized carbons (Fsp3) is 0. The van der Waals surface area contributed by atoms with Gasteiger partial charge in [0.15, 0.2) is 0 Å². The van der Waals surface area contributed by atoms with Crippen molar-refractivity contribution in [2.24, 2.45) is 0 Å². The lowest BCUT2D eigenvalue weighted by Crippen LogP contribution is -2.10. The topological polar surface area (TPSA) is 42.4 Å². The van der Waals surface area contributed by atoms with Crippen LogP contribution in [0.4, 0.5) is 17.1 Å².